The first kappa shape index (κ1) is 19.6. The molecule has 4 rings (SSSR count). The first-order valence-corrected chi connectivity index (χ1v) is 11.6. The molecular formula is C22H17NO3S3. The predicted octanol–water partition coefficient (Wildman–Crippen LogP) is 6.63. The third kappa shape index (κ3) is 4.03. The van der Waals surface area contributed by atoms with E-state index in [0.29, 0.717) is 15.4 Å². The fraction of sp³-hybridized carbons (Fsp3) is 0.0909. The van der Waals surface area contributed by atoms with E-state index in [4.69, 9.17) is 4.74 Å². The quantitative estimate of drug-likeness (QED) is 0.343. The van der Waals surface area contributed by atoms with Gasteiger partial charge in [0.25, 0.3) is 5.91 Å². The van der Waals surface area contributed by atoms with Gasteiger partial charge in [-0.15, -0.1) is 34.0 Å². The lowest BCUT2D eigenvalue weighted by Gasteiger charge is -2.09. The summed E-state index contributed by atoms with van der Waals surface area (Å²) in [5.74, 6) is -0.661. The molecule has 7 heteroatoms. The van der Waals surface area contributed by atoms with E-state index >= 15 is 0 Å². The van der Waals surface area contributed by atoms with Crippen LogP contribution in [0.4, 0.5) is 5.00 Å². The van der Waals surface area contributed by atoms with Gasteiger partial charge in [0, 0.05) is 21.4 Å². The number of amides is 1. The van der Waals surface area contributed by atoms with Crippen molar-refractivity contribution < 1.29 is 14.3 Å². The first-order valence-electron chi connectivity index (χ1n) is 8.95. The molecule has 146 valence electrons. The van der Waals surface area contributed by atoms with Gasteiger partial charge >= 0.3 is 5.97 Å². The molecule has 0 aliphatic rings. The molecule has 4 nitrogen and oxygen atoms in total. The molecule has 3 aromatic heterocycles. The number of nitrogens with one attached hydrogen (secondary N) is 1. The maximum atomic E-state index is 13.1. The average molecular weight is 440 g/mol. The molecule has 0 saturated heterocycles. The van der Waals surface area contributed by atoms with Gasteiger partial charge < -0.3 is 10.1 Å². The van der Waals surface area contributed by atoms with Crippen molar-refractivity contribution in [1.29, 1.82) is 0 Å². The molecule has 0 radical (unpaired) electrons. The van der Waals surface area contributed by atoms with E-state index in [-0.39, 0.29) is 12.5 Å². The van der Waals surface area contributed by atoms with Crippen molar-refractivity contribution in [2.45, 2.75) is 6.92 Å². The molecule has 1 aromatic carbocycles. The van der Waals surface area contributed by atoms with E-state index < -0.39 is 5.97 Å². The molecule has 0 saturated carbocycles. The number of ether oxygens (including phenoxy) is 1. The molecular weight excluding hydrogens is 422 g/mol. The lowest BCUT2D eigenvalue weighted by Crippen LogP contribution is -2.14. The number of anilines is 1. The van der Waals surface area contributed by atoms with Crippen LogP contribution in [0, 0.1) is 0 Å². The zero-order valence-electron chi connectivity index (χ0n) is 15.5. The van der Waals surface area contributed by atoms with Crippen LogP contribution in [-0.2, 0) is 4.74 Å². The Morgan fingerprint density at radius 1 is 0.931 bits per heavy atom. The van der Waals surface area contributed by atoms with Crippen LogP contribution in [0.25, 0.3) is 21.6 Å². The van der Waals surface area contributed by atoms with Crippen molar-refractivity contribution in [2.24, 2.45) is 0 Å². The topological polar surface area (TPSA) is 55.4 Å². The molecule has 0 spiro atoms. The zero-order chi connectivity index (χ0) is 20.2. The van der Waals surface area contributed by atoms with Crippen LogP contribution in [0.1, 0.15) is 27.0 Å². The monoisotopic (exact) mass is 439 g/mol. The number of carbonyl (C=O) groups excluding carboxylic acids is 2. The highest BCUT2D eigenvalue weighted by atomic mass is 32.1. The van der Waals surface area contributed by atoms with Gasteiger partial charge in [-0.1, -0.05) is 36.4 Å². The van der Waals surface area contributed by atoms with E-state index in [1.54, 1.807) is 18.3 Å². The largest absolute Gasteiger partial charge is 0.462 e. The smallest absolute Gasteiger partial charge is 0.341 e. The maximum Gasteiger partial charge on any atom is 0.341 e. The molecule has 4 aromatic rings. The van der Waals surface area contributed by atoms with Crippen molar-refractivity contribution >= 4 is 50.9 Å². The summed E-state index contributed by atoms with van der Waals surface area (Å²) in [7, 11) is 0. The summed E-state index contributed by atoms with van der Waals surface area (Å²) < 4.78 is 5.25. The molecule has 0 fully saturated rings. The van der Waals surface area contributed by atoms with Crippen LogP contribution < -0.4 is 5.32 Å². The lowest BCUT2D eigenvalue weighted by atomic mass is 10.1. The highest BCUT2D eigenvalue weighted by Gasteiger charge is 2.24. The Bertz CT molecular complexity index is 1130. The molecule has 29 heavy (non-hydrogen) atoms. The minimum atomic E-state index is -0.429. The van der Waals surface area contributed by atoms with Gasteiger partial charge in [0.2, 0.25) is 0 Å². The Morgan fingerprint density at radius 3 is 2.48 bits per heavy atom. The van der Waals surface area contributed by atoms with Crippen LogP contribution in [0.15, 0.2) is 64.7 Å². The predicted molar refractivity (Wildman–Crippen MR) is 121 cm³/mol. The fourth-order valence-corrected chi connectivity index (χ4v) is 5.54. The van der Waals surface area contributed by atoms with Gasteiger partial charge in [-0.25, -0.2) is 4.79 Å². The van der Waals surface area contributed by atoms with E-state index in [0.717, 1.165) is 21.6 Å². The average Bonchev–Trinajstić information content (AvgIpc) is 3.48. The Morgan fingerprint density at radius 2 is 1.76 bits per heavy atom. The van der Waals surface area contributed by atoms with Gasteiger partial charge in [-0.3, -0.25) is 4.79 Å². The van der Waals surface area contributed by atoms with E-state index in [1.165, 1.54) is 22.7 Å². The van der Waals surface area contributed by atoms with Gasteiger partial charge in [0.05, 0.1) is 6.61 Å². The number of benzene rings is 1. The number of hydrogen-bond acceptors (Lipinski definition) is 6. The third-order valence-corrected chi connectivity index (χ3v) is 6.95. The minimum absolute atomic E-state index is 0.232. The fourth-order valence-electron chi connectivity index (χ4n) is 2.96. The second-order valence-corrected chi connectivity index (χ2v) is 8.78. The highest BCUT2D eigenvalue weighted by Crippen LogP contribution is 2.39. The summed E-state index contributed by atoms with van der Waals surface area (Å²) in [6, 6.07) is 15.6. The highest BCUT2D eigenvalue weighted by molar-refractivity contribution is 7.17. The Hall–Kier alpha value is -2.74. The lowest BCUT2D eigenvalue weighted by molar-refractivity contribution is 0.0529. The summed E-state index contributed by atoms with van der Waals surface area (Å²) in [6.45, 7) is 2.04. The molecule has 3 heterocycles. The van der Waals surface area contributed by atoms with Gasteiger partial charge in [0.15, 0.2) is 0 Å². The summed E-state index contributed by atoms with van der Waals surface area (Å²) in [4.78, 5) is 27.3. The van der Waals surface area contributed by atoms with Crippen molar-refractivity contribution in [3.63, 3.8) is 0 Å². The second kappa shape index (κ2) is 8.73. The van der Waals surface area contributed by atoms with E-state index in [9.17, 15) is 9.59 Å². The van der Waals surface area contributed by atoms with Crippen LogP contribution in [0.5, 0.6) is 0 Å². The van der Waals surface area contributed by atoms with Crippen LogP contribution in [0.3, 0.4) is 0 Å². The van der Waals surface area contributed by atoms with Crippen LogP contribution in [-0.4, -0.2) is 18.5 Å². The second-order valence-electron chi connectivity index (χ2n) is 6.03. The Labute approximate surface area is 180 Å². The number of rotatable bonds is 6. The third-order valence-electron chi connectivity index (χ3n) is 4.24. The van der Waals surface area contributed by atoms with E-state index in [2.05, 4.69) is 5.32 Å². The number of thiophene rings is 3. The Balaban J connectivity index is 1.68. The van der Waals surface area contributed by atoms with Crippen LogP contribution >= 0.6 is 34.0 Å². The zero-order valence-corrected chi connectivity index (χ0v) is 18.0. The van der Waals surface area contributed by atoms with Crippen LogP contribution in [0.2, 0.25) is 0 Å². The SMILES string of the molecule is CCOC(=O)c1c(-c2cccs2)csc1NC(=O)c1sccc1-c1ccccc1. The van der Waals surface area contributed by atoms with Gasteiger partial charge in [-0.05, 0) is 35.4 Å². The van der Waals surface area contributed by atoms with Gasteiger partial charge in [0.1, 0.15) is 15.4 Å². The molecule has 1 N–H and O–H groups in total. The summed E-state index contributed by atoms with van der Waals surface area (Å²) in [6.07, 6.45) is 0. The Kier molecular flexibility index (Phi) is 5.89. The molecule has 0 bridgehead atoms. The summed E-state index contributed by atoms with van der Waals surface area (Å²) >= 11 is 4.26. The summed E-state index contributed by atoms with van der Waals surface area (Å²) in [5, 5.41) is 9.19. The molecule has 0 unspecified atom stereocenters. The molecule has 0 atom stereocenters. The van der Waals surface area contributed by atoms with Crippen molar-refractivity contribution in [1.82, 2.24) is 0 Å². The number of esters is 1. The van der Waals surface area contributed by atoms with E-state index in [1.807, 2.05) is 64.7 Å². The van der Waals surface area contributed by atoms with Gasteiger partial charge in [-0.2, -0.15) is 0 Å². The molecule has 1 amide bonds. The minimum Gasteiger partial charge on any atom is -0.462 e. The standard InChI is InChI=1S/C22H17NO3S3/c1-2-26-22(25)18-16(17-9-6-11-27-17)13-29-21(18)23-20(24)19-15(10-12-28-19)14-7-4-3-5-8-14/h3-13H,2H2,1H3,(H,23,24). The maximum absolute atomic E-state index is 13.1. The summed E-state index contributed by atoms with van der Waals surface area (Å²) in [5.41, 5.74) is 3.05. The van der Waals surface area contributed by atoms with Crippen molar-refractivity contribution in [2.75, 3.05) is 11.9 Å². The normalized spacial score (nSPS) is 10.7. The first-order chi connectivity index (χ1) is 14.2. The number of carbonyl (C=O) groups is 2. The van der Waals surface area contributed by atoms with Crippen molar-refractivity contribution in [3.05, 3.63) is 75.1 Å². The van der Waals surface area contributed by atoms with Crippen molar-refractivity contribution in [3.8, 4) is 21.6 Å². The molecule has 0 aliphatic carbocycles. The molecule has 0 aliphatic heterocycles. The number of hydrogen-bond donors (Lipinski definition) is 1.